The van der Waals surface area contributed by atoms with Crippen molar-refractivity contribution in [3.63, 3.8) is 0 Å². The van der Waals surface area contributed by atoms with Crippen LogP contribution in [-0.4, -0.2) is 32.2 Å². The zero-order chi connectivity index (χ0) is 14.1. The Bertz CT molecular complexity index is 410. The lowest BCUT2D eigenvalue weighted by Gasteiger charge is -2.06. The van der Waals surface area contributed by atoms with E-state index in [-0.39, 0.29) is 5.91 Å². The molecular weight excluding hydrogens is 308 g/mol. The van der Waals surface area contributed by atoms with E-state index in [1.807, 2.05) is 37.4 Å². The fraction of sp³-hybridized carbons (Fsp3) is 0.500. The van der Waals surface area contributed by atoms with Crippen LogP contribution in [0.25, 0.3) is 0 Å². The third-order valence-corrected chi connectivity index (χ3v) is 3.54. The fourth-order valence-corrected chi connectivity index (χ4v) is 1.97. The third kappa shape index (κ3) is 6.71. The van der Waals surface area contributed by atoms with Crippen LogP contribution in [-0.2, 0) is 9.53 Å². The van der Waals surface area contributed by atoms with Crippen LogP contribution in [0.5, 0.6) is 0 Å². The highest BCUT2D eigenvalue weighted by Gasteiger charge is 2.05. The summed E-state index contributed by atoms with van der Waals surface area (Å²) in [6.07, 6.45) is 0.969. The minimum absolute atomic E-state index is 0.0205. The van der Waals surface area contributed by atoms with Crippen molar-refractivity contribution in [2.75, 3.05) is 31.6 Å². The number of hydrogen-bond acceptors (Lipinski definition) is 2. The van der Waals surface area contributed by atoms with Crippen molar-refractivity contribution in [2.24, 2.45) is 0 Å². The van der Waals surface area contributed by atoms with Crippen LogP contribution in [0.2, 0.25) is 0 Å². The van der Waals surface area contributed by atoms with Gasteiger partial charge in [-0.1, -0.05) is 22.0 Å². The van der Waals surface area contributed by atoms with E-state index in [0.29, 0.717) is 6.54 Å². The van der Waals surface area contributed by atoms with Crippen LogP contribution in [0.15, 0.2) is 22.7 Å². The second kappa shape index (κ2) is 9.07. The van der Waals surface area contributed by atoms with Crippen molar-refractivity contribution < 1.29 is 14.8 Å². The van der Waals surface area contributed by atoms with E-state index in [9.17, 15) is 4.79 Å². The Hall–Kier alpha value is -0.910. The molecule has 0 spiro atoms. The molecule has 0 saturated carbocycles. The molecule has 0 fully saturated rings. The molecule has 4 nitrogen and oxygen atoms in total. The van der Waals surface area contributed by atoms with Gasteiger partial charge in [0.15, 0.2) is 6.54 Å². The van der Waals surface area contributed by atoms with Gasteiger partial charge in [0.25, 0.3) is 5.91 Å². The molecular formula is C14H22BrN2O2+. The Morgan fingerprint density at radius 3 is 2.95 bits per heavy atom. The van der Waals surface area contributed by atoms with Gasteiger partial charge in [-0.2, -0.15) is 0 Å². The molecule has 0 aromatic heterocycles. The summed E-state index contributed by atoms with van der Waals surface area (Å²) in [7, 11) is 0. The molecule has 1 aromatic rings. The average Bonchev–Trinajstić information content (AvgIpc) is 2.38. The van der Waals surface area contributed by atoms with Crippen LogP contribution in [0, 0.1) is 6.92 Å². The van der Waals surface area contributed by atoms with Crippen LogP contribution in [0.1, 0.15) is 18.9 Å². The van der Waals surface area contributed by atoms with Gasteiger partial charge in [-0.15, -0.1) is 0 Å². The van der Waals surface area contributed by atoms with E-state index in [1.54, 1.807) is 0 Å². The summed E-state index contributed by atoms with van der Waals surface area (Å²) in [5, 5.41) is 4.88. The molecule has 0 bridgehead atoms. The van der Waals surface area contributed by atoms with Gasteiger partial charge in [0.1, 0.15) is 0 Å². The zero-order valence-corrected chi connectivity index (χ0v) is 13.1. The first-order valence-electron chi connectivity index (χ1n) is 6.59. The minimum Gasteiger partial charge on any atom is -0.382 e. The Balaban J connectivity index is 2.21. The Morgan fingerprint density at radius 2 is 2.26 bits per heavy atom. The number of halogens is 1. The monoisotopic (exact) mass is 329 g/mol. The van der Waals surface area contributed by atoms with Gasteiger partial charge < -0.3 is 15.4 Å². The van der Waals surface area contributed by atoms with E-state index >= 15 is 0 Å². The van der Waals surface area contributed by atoms with Gasteiger partial charge in [0.2, 0.25) is 0 Å². The van der Waals surface area contributed by atoms with Crippen molar-refractivity contribution in [3.8, 4) is 0 Å². The van der Waals surface area contributed by atoms with Crippen molar-refractivity contribution in [3.05, 3.63) is 28.2 Å². The number of amides is 1. The molecule has 0 atom stereocenters. The SMILES string of the molecule is CCOCCC[NH2+]CC(=O)Nc1ccc(C)c(Br)c1. The normalized spacial score (nSPS) is 10.5. The topological polar surface area (TPSA) is 54.9 Å². The molecule has 0 radical (unpaired) electrons. The number of ether oxygens (including phenoxy) is 1. The summed E-state index contributed by atoms with van der Waals surface area (Å²) in [4.78, 5) is 11.7. The molecule has 0 aliphatic heterocycles. The van der Waals surface area contributed by atoms with Crippen LogP contribution in [0.4, 0.5) is 5.69 Å². The van der Waals surface area contributed by atoms with Gasteiger partial charge in [-0.05, 0) is 31.5 Å². The van der Waals surface area contributed by atoms with Crippen LogP contribution in [0.3, 0.4) is 0 Å². The maximum absolute atomic E-state index is 11.7. The molecule has 1 amide bonds. The van der Waals surface area contributed by atoms with Gasteiger partial charge in [0, 0.05) is 23.2 Å². The van der Waals surface area contributed by atoms with Crippen molar-refractivity contribution in [2.45, 2.75) is 20.3 Å². The van der Waals surface area contributed by atoms with E-state index in [0.717, 1.165) is 41.9 Å². The largest absolute Gasteiger partial charge is 0.382 e. The number of aryl methyl sites for hydroxylation is 1. The maximum atomic E-state index is 11.7. The number of benzene rings is 1. The number of carbonyl (C=O) groups excluding carboxylic acids is 1. The first kappa shape index (κ1) is 16.1. The lowest BCUT2D eigenvalue weighted by atomic mass is 10.2. The van der Waals surface area contributed by atoms with Gasteiger partial charge in [-0.3, -0.25) is 4.79 Å². The van der Waals surface area contributed by atoms with E-state index in [4.69, 9.17) is 4.74 Å². The molecule has 0 heterocycles. The summed E-state index contributed by atoms with van der Waals surface area (Å²) in [6, 6.07) is 5.81. The Kier molecular flexibility index (Phi) is 7.70. The predicted octanol–water partition coefficient (Wildman–Crippen LogP) is 1.69. The predicted molar refractivity (Wildman–Crippen MR) is 80.3 cm³/mol. The van der Waals surface area contributed by atoms with Crippen molar-refractivity contribution in [1.29, 1.82) is 0 Å². The molecule has 0 aliphatic rings. The summed E-state index contributed by atoms with van der Waals surface area (Å²) < 4.78 is 6.24. The van der Waals surface area contributed by atoms with Gasteiger partial charge in [0.05, 0.1) is 13.2 Å². The highest BCUT2D eigenvalue weighted by atomic mass is 79.9. The molecule has 0 saturated heterocycles. The highest BCUT2D eigenvalue weighted by molar-refractivity contribution is 9.10. The first-order valence-corrected chi connectivity index (χ1v) is 7.38. The van der Waals surface area contributed by atoms with E-state index in [1.165, 1.54) is 0 Å². The zero-order valence-electron chi connectivity index (χ0n) is 11.5. The summed E-state index contributed by atoms with van der Waals surface area (Å²) >= 11 is 3.45. The number of carbonyl (C=O) groups is 1. The summed E-state index contributed by atoms with van der Waals surface area (Å²) in [6.45, 7) is 6.86. The molecule has 19 heavy (non-hydrogen) atoms. The maximum Gasteiger partial charge on any atom is 0.279 e. The molecule has 1 aromatic carbocycles. The smallest absolute Gasteiger partial charge is 0.279 e. The average molecular weight is 330 g/mol. The van der Waals surface area contributed by atoms with Gasteiger partial charge >= 0.3 is 0 Å². The van der Waals surface area contributed by atoms with E-state index in [2.05, 4.69) is 21.2 Å². The summed E-state index contributed by atoms with van der Waals surface area (Å²) in [5.74, 6) is 0.0205. The number of quaternary nitrogens is 1. The highest BCUT2D eigenvalue weighted by Crippen LogP contribution is 2.20. The van der Waals surface area contributed by atoms with Gasteiger partial charge in [-0.25, -0.2) is 0 Å². The Labute approximate surface area is 123 Å². The number of anilines is 1. The quantitative estimate of drug-likeness (QED) is 0.713. The summed E-state index contributed by atoms with van der Waals surface area (Å²) in [5.41, 5.74) is 1.98. The van der Waals surface area contributed by atoms with Crippen LogP contribution >= 0.6 is 15.9 Å². The minimum atomic E-state index is 0.0205. The lowest BCUT2D eigenvalue weighted by Crippen LogP contribution is -2.86. The fourth-order valence-electron chi connectivity index (χ4n) is 1.59. The standard InChI is InChI=1S/C14H21BrN2O2/c1-3-19-8-4-7-16-10-14(18)17-12-6-5-11(2)13(15)9-12/h5-6,9,16H,3-4,7-8,10H2,1-2H3,(H,17,18)/p+1. The molecule has 3 N–H and O–H groups in total. The second-order valence-corrected chi connectivity index (χ2v) is 5.20. The molecule has 0 unspecified atom stereocenters. The number of rotatable bonds is 8. The molecule has 106 valence electrons. The van der Waals surface area contributed by atoms with E-state index < -0.39 is 0 Å². The second-order valence-electron chi connectivity index (χ2n) is 4.34. The number of hydrogen-bond donors (Lipinski definition) is 2. The van der Waals surface area contributed by atoms with Crippen molar-refractivity contribution >= 4 is 27.5 Å². The first-order chi connectivity index (χ1) is 9.13. The molecule has 5 heteroatoms. The number of nitrogens with two attached hydrogens (primary N) is 1. The van der Waals surface area contributed by atoms with Crippen molar-refractivity contribution in [1.82, 2.24) is 0 Å². The lowest BCUT2D eigenvalue weighted by molar-refractivity contribution is -0.644. The molecule has 1 rings (SSSR count). The number of nitrogens with one attached hydrogen (secondary N) is 1. The Morgan fingerprint density at radius 1 is 1.47 bits per heavy atom. The van der Waals surface area contributed by atoms with Crippen LogP contribution < -0.4 is 10.6 Å². The third-order valence-electron chi connectivity index (χ3n) is 2.69. The molecule has 0 aliphatic carbocycles.